The predicted molar refractivity (Wildman–Crippen MR) is 79.3 cm³/mol. The smallest absolute Gasteiger partial charge is 0.126 e. The molecule has 0 saturated heterocycles. The summed E-state index contributed by atoms with van der Waals surface area (Å²) in [7, 11) is 3.29. The lowest BCUT2D eigenvalue weighted by Gasteiger charge is -2.07. The summed E-state index contributed by atoms with van der Waals surface area (Å²) in [6, 6.07) is 13.4. The Balaban J connectivity index is 2.34. The van der Waals surface area contributed by atoms with Gasteiger partial charge in [0.15, 0.2) is 0 Å². The molecular formula is C16H17NO2. The molecule has 0 aliphatic carbocycles. The number of nitrogen functional groups attached to an aromatic ring is 1. The quantitative estimate of drug-likeness (QED) is 0.672. The Morgan fingerprint density at radius 1 is 0.895 bits per heavy atom. The van der Waals surface area contributed by atoms with Gasteiger partial charge in [-0.2, -0.15) is 0 Å². The van der Waals surface area contributed by atoms with Crippen molar-refractivity contribution in [2.24, 2.45) is 0 Å². The summed E-state index contributed by atoms with van der Waals surface area (Å²) < 4.78 is 10.5. The van der Waals surface area contributed by atoms with Gasteiger partial charge in [-0.15, -0.1) is 0 Å². The number of benzene rings is 2. The molecule has 0 fully saturated rings. The van der Waals surface area contributed by atoms with Crippen LogP contribution in [0.25, 0.3) is 12.2 Å². The second kappa shape index (κ2) is 5.96. The minimum Gasteiger partial charge on any atom is -0.497 e. The minimum absolute atomic E-state index is 0.751. The van der Waals surface area contributed by atoms with Crippen molar-refractivity contribution < 1.29 is 9.47 Å². The van der Waals surface area contributed by atoms with E-state index in [1.54, 1.807) is 14.2 Å². The lowest BCUT2D eigenvalue weighted by Crippen LogP contribution is -1.90. The second-order valence-corrected chi connectivity index (χ2v) is 4.07. The van der Waals surface area contributed by atoms with E-state index in [0.29, 0.717) is 0 Å². The van der Waals surface area contributed by atoms with Crippen molar-refractivity contribution in [3.05, 3.63) is 53.6 Å². The van der Waals surface area contributed by atoms with Crippen LogP contribution in [0.1, 0.15) is 11.1 Å². The third-order valence-corrected chi connectivity index (χ3v) is 2.88. The SMILES string of the molecule is COc1ccc(OC)c(/C=C/c2ccccc2N)c1. The standard InChI is InChI=1S/C16H17NO2/c1-18-14-9-10-16(19-2)13(11-14)8-7-12-5-3-4-6-15(12)17/h3-11H,17H2,1-2H3/b8-7+. The maximum Gasteiger partial charge on any atom is 0.126 e. The molecule has 2 N–H and O–H groups in total. The largest absolute Gasteiger partial charge is 0.497 e. The van der Waals surface area contributed by atoms with E-state index in [1.165, 1.54) is 0 Å². The van der Waals surface area contributed by atoms with Gasteiger partial charge in [-0.1, -0.05) is 30.4 Å². The highest BCUT2D eigenvalue weighted by molar-refractivity contribution is 5.77. The van der Waals surface area contributed by atoms with Crippen molar-refractivity contribution in [3.63, 3.8) is 0 Å². The number of hydrogen-bond donors (Lipinski definition) is 1. The maximum atomic E-state index is 5.90. The Hall–Kier alpha value is -2.42. The van der Waals surface area contributed by atoms with Crippen LogP contribution in [-0.2, 0) is 0 Å². The number of anilines is 1. The Bertz CT molecular complexity index is 591. The summed E-state index contributed by atoms with van der Waals surface area (Å²) in [5, 5.41) is 0. The van der Waals surface area contributed by atoms with E-state index in [2.05, 4.69) is 0 Å². The summed E-state index contributed by atoms with van der Waals surface area (Å²) in [4.78, 5) is 0. The number of rotatable bonds is 4. The summed E-state index contributed by atoms with van der Waals surface area (Å²) in [6.45, 7) is 0. The molecule has 0 radical (unpaired) electrons. The third-order valence-electron chi connectivity index (χ3n) is 2.88. The Morgan fingerprint density at radius 3 is 2.32 bits per heavy atom. The number of para-hydroxylation sites is 1. The van der Waals surface area contributed by atoms with Crippen LogP contribution in [0.4, 0.5) is 5.69 Å². The minimum atomic E-state index is 0.751. The molecule has 2 aromatic carbocycles. The van der Waals surface area contributed by atoms with Crippen molar-refractivity contribution in [3.8, 4) is 11.5 Å². The van der Waals surface area contributed by atoms with Crippen molar-refractivity contribution in [1.29, 1.82) is 0 Å². The molecule has 0 atom stereocenters. The molecule has 0 bridgehead atoms. The monoisotopic (exact) mass is 255 g/mol. The van der Waals surface area contributed by atoms with Crippen molar-refractivity contribution in [1.82, 2.24) is 0 Å². The molecule has 2 aromatic rings. The third kappa shape index (κ3) is 3.07. The van der Waals surface area contributed by atoms with Crippen LogP contribution in [0, 0.1) is 0 Å². The number of methoxy groups -OCH3 is 2. The lowest BCUT2D eigenvalue weighted by atomic mass is 10.1. The molecule has 0 aliphatic heterocycles. The van der Waals surface area contributed by atoms with Crippen molar-refractivity contribution in [2.45, 2.75) is 0 Å². The molecule has 98 valence electrons. The van der Waals surface area contributed by atoms with E-state index in [1.807, 2.05) is 54.6 Å². The van der Waals surface area contributed by atoms with Crippen LogP contribution in [0.3, 0.4) is 0 Å². The molecule has 19 heavy (non-hydrogen) atoms. The first kappa shape index (κ1) is 13.0. The predicted octanol–water partition coefficient (Wildman–Crippen LogP) is 3.46. The van der Waals surface area contributed by atoms with Crippen LogP contribution in [0.5, 0.6) is 11.5 Å². The average Bonchev–Trinajstić information content (AvgIpc) is 2.46. The van der Waals surface area contributed by atoms with Crippen molar-refractivity contribution in [2.75, 3.05) is 20.0 Å². The van der Waals surface area contributed by atoms with Gasteiger partial charge in [0.1, 0.15) is 11.5 Å². The van der Waals surface area contributed by atoms with Gasteiger partial charge < -0.3 is 15.2 Å². The second-order valence-electron chi connectivity index (χ2n) is 4.07. The molecule has 0 saturated carbocycles. The highest BCUT2D eigenvalue weighted by Gasteiger charge is 2.02. The van der Waals surface area contributed by atoms with Gasteiger partial charge in [-0.25, -0.2) is 0 Å². The Kier molecular flexibility index (Phi) is 4.08. The first-order valence-electron chi connectivity index (χ1n) is 5.99. The highest BCUT2D eigenvalue weighted by Crippen LogP contribution is 2.26. The molecule has 0 heterocycles. The van der Waals surface area contributed by atoms with Crippen LogP contribution in [0.2, 0.25) is 0 Å². The zero-order chi connectivity index (χ0) is 13.7. The molecule has 0 spiro atoms. The van der Waals surface area contributed by atoms with E-state index in [4.69, 9.17) is 15.2 Å². The maximum absolute atomic E-state index is 5.90. The normalized spacial score (nSPS) is 10.6. The van der Waals surface area contributed by atoms with Crippen LogP contribution >= 0.6 is 0 Å². The van der Waals surface area contributed by atoms with Gasteiger partial charge in [-0.3, -0.25) is 0 Å². The van der Waals surface area contributed by atoms with E-state index in [0.717, 1.165) is 28.3 Å². The lowest BCUT2D eigenvalue weighted by molar-refractivity contribution is 0.402. The Morgan fingerprint density at radius 2 is 1.63 bits per heavy atom. The first-order chi connectivity index (χ1) is 9.24. The molecule has 0 aromatic heterocycles. The molecule has 0 amide bonds. The molecule has 2 rings (SSSR count). The topological polar surface area (TPSA) is 44.5 Å². The first-order valence-corrected chi connectivity index (χ1v) is 5.99. The number of nitrogens with two attached hydrogens (primary N) is 1. The summed E-state index contributed by atoms with van der Waals surface area (Å²) in [5.74, 6) is 1.59. The fraction of sp³-hybridized carbons (Fsp3) is 0.125. The molecular weight excluding hydrogens is 238 g/mol. The van der Waals surface area contributed by atoms with Gasteiger partial charge in [0.05, 0.1) is 14.2 Å². The fourth-order valence-corrected chi connectivity index (χ4v) is 1.81. The zero-order valence-corrected chi connectivity index (χ0v) is 11.1. The van der Waals surface area contributed by atoms with E-state index < -0.39 is 0 Å². The molecule has 0 aliphatic rings. The fourth-order valence-electron chi connectivity index (χ4n) is 1.81. The van der Waals surface area contributed by atoms with Gasteiger partial charge in [0, 0.05) is 11.3 Å². The number of hydrogen-bond acceptors (Lipinski definition) is 3. The summed E-state index contributed by atoms with van der Waals surface area (Å²) in [5.41, 5.74) is 8.58. The molecule has 3 heteroatoms. The van der Waals surface area contributed by atoms with Gasteiger partial charge in [0.2, 0.25) is 0 Å². The van der Waals surface area contributed by atoms with E-state index in [-0.39, 0.29) is 0 Å². The van der Waals surface area contributed by atoms with Gasteiger partial charge in [0.25, 0.3) is 0 Å². The number of ether oxygens (including phenoxy) is 2. The highest BCUT2D eigenvalue weighted by atomic mass is 16.5. The van der Waals surface area contributed by atoms with Gasteiger partial charge in [-0.05, 0) is 29.8 Å². The van der Waals surface area contributed by atoms with Crippen LogP contribution < -0.4 is 15.2 Å². The van der Waals surface area contributed by atoms with Crippen LogP contribution in [0.15, 0.2) is 42.5 Å². The Labute approximate surface area is 113 Å². The molecule has 0 unspecified atom stereocenters. The summed E-state index contributed by atoms with van der Waals surface area (Å²) in [6.07, 6.45) is 3.93. The van der Waals surface area contributed by atoms with Crippen LogP contribution in [-0.4, -0.2) is 14.2 Å². The van der Waals surface area contributed by atoms with E-state index >= 15 is 0 Å². The van der Waals surface area contributed by atoms with Crippen molar-refractivity contribution >= 4 is 17.8 Å². The average molecular weight is 255 g/mol. The molecule has 3 nitrogen and oxygen atoms in total. The zero-order valence-electron chi connectivity index (χ0n) is 11.1. The summed E-state index contributed by atoms with van der Waals surface area (Å²) >= 11 is 0. The van der Waals surface area contributed by atoms with E-state index in [9.17, 15) is 0 Å². The van der Waals surface area contributed by atoms with Gasteiger partial charge >= 0.3 is 0 Å².